The van der Waals surface area contributed by atoms with Crippen LogP contribution in [0.2, 0.25) is 15.1 Å². The zero-order valence-electron chi connectivity index (χ0n) is 34.6. The third kappa shape index (κ3) is 5.08. The number of para-hydroxylation sites is 4. The van der Waals surface area contributed by atoms with Crippen molar-refractivity contribution in [3.63, 3.8) is 0 Å². The molecule has 9 aromatic carbocycles. The Balaban J connectivity index is 1.03. The SMILES string of the molecule is Clc1cc2c3c(c1)Oc1cc4c(cc1B3c1ccccc1O2)B1c2cc3c(cc2Oc2cc(Cl)cc(c21)N4c1ccccc1)N(c1ccccc1)c1cc(Cl)cc2c1B3c1ccccc1O2. The van der Waals surface area contributed by atoms with Crippen molar-refractivity contribution in [2.24, 2.45) is 0 Å². The molecule has 9 aromatic rings. The maximum atomic E-state index is 7.18. The van der Waals surface area contributed by atoms with E-state index in [1.807, 2.05) is 60.7 Å². The molecule has 0 N–H and O–H groups in total. The number of hydrogen-bond acceptors (Lipinski definition) is 6. The monoisotopic (exact) mass is 906 g/mol. The van der Waals surface area contributed by atoms with Gasteiger partial charge >= 0.3 is 0 Å². The van der Waals surface area contributed by atoms with E-state index in [0.29, 0.717) is 32.3 Å². The van der Waals surface area contributed by atoms with Gasteiger partial charge in [-0.1, -0.05) is 120 Å². The molecule has 66 heavy (non-hydrogen) atoms. The van der Waals surface area contributed by atoms with Crippen LogP contribution in [-0.2, 0) is 0 Å². The fraction of sp³-hybridized carbons (Fsp3) is 0. The molecule has 308 valence electrons. The maximum absolute atomic E-state index is 7.18. The first-order chi connectivity index (χ1) is 32.4. The Hall–Kier alpha value is -7.16. The zero-order valence-corrected chi connectivity index (χ0v) is 36.8. The van der Waals surface area contributed by atoms with Gasteiger partial charge in [-0.15, -0.1) is 0 Å². The lowest BCUT2D eigenvalue weighted by molar-refractivity contribution is 0.464. The minimum atomic E-state index is -0.269. The van der Waals surface area contributed by atoms with Gasteiger partial charge in [-0.05, 0) is 116 Å². The van der Waals surface area contributed by atoms with Crippen molar-refractivity contribution in [2.45, 2.75) is 0 Å². The van der Waals surface area contributed by atoms with Crippen molar-refractivity contribution in [3.05, 3.63) is 185 Å². The molecule has 0 saturated carbocycles. The summed E-state index contributed by atoms with van der Waals surface area (Å²) in [7, 11) is 0. The topological polar surface area (TPSA) is 43.4 Å². The highest BCUT2D eigenvalue weighted by Gasteiger charge is 2.49. The molecule has 12 heteroatoms. The van der Waals surface area contributed by atoms with E-state index in [2.05, 4.69) is 119 Å². The van der Waals surface area contributed by atoms with E-state index in [9.17, 15) is 0 Å². The second kappa shape index (κ2) is 13.5. The molecule has 6 aliphatic heterocycles. The first-order valence-electron chi connectivity index (χ1n) is 21.9. The Morgan fingerprint density at radius 1 is 0.288 bits per heavy atom. The van der Waals surface area contributed by atoms with Gasteiger partial charge in [0.15, 0.2) is 0 Å². The predicted octanol–water partition coefficient (Wildman–Crippen LogP) is 9.18. The molecule has 0 unspecified atom stereocenters. The molecule has 0 fully saturated rings. The normalized spacial score (nSPS) is 14.3. The van der Waals surface area contributed by atoms with Crippen LogP contribution >= 0.6 is 34.8 Å². The minimum Gasteiger partial charge on any atom is -0.458 e. The first-order valence-corrected chi connectivity index (χ1v) is 23.0. The number of rotatable bonds is 2. The second-order valence-electron chi connectivity index (χ2n) is 17.5. The van der Waals surface area contributed by atoms with Crippen LogP contribution in [0.25, 0.3) is 0 Å². The molecule has 6 heterocycles. The summed E-state index contributed by atoms with van der Waals surface area (Å²) >= 11 is 20.9. The van der Waals surface area contributed by atoms with Crippen LogP contribution < -0.4 is 77.9 Å². The third-order valence-electron chi connectivity index (χ3n) is 14.0. The number of ether oxygens (including phenoxy) is 4. The van der Waals surface area contributed by atoms with Crippen LogP contribution in [-0.4, -0.2) is 20.1 Å². The number of hydrogen-bond donors (Lipinski definition) is 0. The summed E-state index contributed by atoms with van der Waals surface area (Å²) in [5, 5.41) is 1.71. The van der Waals surface area contributed by atoms with Crippen molar-refractivity contribution in [1.29, 1.82) is 0 Å². The molecule has 0 radical (unpaired) electrons. The maximum Gasteiger partial charge on any atom is 0.260 e. The van der Waals surface area contributed by atoms with Crippen LogP contribution in [0, 0.1) is 0 Å². The second-order valence-corrected chi connectivity index (χ2v) is 18.8. The van der Waals surface area contributed by atoms with E-state index >= 15 is 0 Å². The van der Waals surface area contributed by atoms with Gasteiger partial charge in [-0.25, -0.2) is 0 Å². The third-order valence-corrected chi connectivity index (χ3v) is 14.7. The summed E-state index contributed by atoms with van der Waals surface area (Å²) in [6, 6.07) is 58.4. The van der Waals surface area contributed by atoms with Crippen LogP contribution in [0.4, 0.5) is 34.1 Å². The van der Waals surface area contributed by atoms with E-state index in [4.69, 9.17) is 53.8 Å². The lowest BCUT2D eigenvalue weighted by Gasteiger charge is -2.43. The van der Waals surface area contributed by atoms with Crippen molar-refractivity contribution in [1.82, 2.24) is 0 Å². The number of anilines is 6. The van der Waals surface area contributed by atoms with Crippen molar-refractivity contribution in [3.8, 4) is 46.0 Å². The Morgan fingerprint density at radius 2 is 0.652 bits per heavy atom. The number of fused-ring (bicyclic) bond motifs is 12. The molecule has 6 aliphatic rings. The summed E-state index contributed by atoms with van der Waals surface area (Å²) < 4.78 is 27.4. The fourth-order valence-corrected chi connectivity index (χ4v) is 12.1. The molecular formula is C54H28B3Cl3N2O4. The summed E-state index contributed by atoms with van der Waals surface area (Å²) in [4.78, 5) is 4.59. The van der Waals surface area contributed by atoms with Crippen molar-refractivity contribution in [2.75, 3.05) is 9.80 Å². The van der Waals surface area contributed by atoms with Crippen LogP contribution in [0.5, 0.6) is 46.0 Å². The molecule has 0 aromatic heterocycles. The molecule has 0 amide bonds. The van der Waals surface area contributed by atoms with Gasteiger partial charge in [-0.3, -0.25) is 0 Å². The highest BCUT2D eigenvalue weighted by Crippen LogP contribution is 2.47. The molecule has 6 nitrogen and oxygen atoms in total. The summed E-state index contributed by atoms with van der Waals surface area (Å²) in [5.74, 6) is 5.93. The van der Waals surface area contributed by atoms with Gasteiger partial charge in [0, 0.05) is 66.8 Å². The highest BCUT2D eigenvalue weighted by atomic mass is 35.5. The largest absolute Gasteiger partial charge is 0.458 e. The zero-order chi connectivity index (χ0) is 43.5. The standard InChI is InChI=1S/C54H28B3Cl3N2O4/c58-29-19-42-52-48(21-29)63-44-17-9-7-15-34(44)55(52)36-25-39-47(27-40(36)61(42)32-11-3-1-4-12-32)65-49-22-30(59)20-43-53(49)57(39)37-26-38-46(28-41(37)62(43)33-13-5-2-6-14-33)66-51-24-31(60)23-50-54(51)56(38)35-16-8-10-18-45(35)64-50/h1-28H. The lowest BCUT2D eigenvalue weighted by Crippen LogP contribution is -2.64. The van der Waals surface area contributed by atoms with E-state index < -0.39 is 0 Å². The Labute approximate surface area is 395 Å². The Kier molecular flexibility index (Phi) is 7.57. The molecule has 0 bridgehead atoms. The van der Waals surface area contributed by atoms with Crippen LogP contribution in [0.3, 0.4) is 0 Å². The predicted molar refractivity (Wildman–Crippen MR) is 271 cm³/mol. The van der Waals surface area contributed by atoms with E-state index in [-0.39, 0.29) is 20.1 Å². The average Bonchev–Trinajstić information content (AvgIpc) is 3.32. The molecule has 15 rings (SSSR count). The van der Waals surface area contributed by atoms with Gasteiger partial charge in [0.2, 0.25) is 0 Å². The van der Waals surface area contributed by atoms with Gasteiger partial charge in [0.25, 0.3) is 20.1 Å². The van der Waals surface area contributed by atoms with Gasteiger partial charge in [0.05, 0.1) is 0 Å². The minimum absolute atomic E-state index is 0.162. The molecule has 0 aliphatic carbocycles. The smallest absolute Gasteiger partial charge is 0.260 e. The molecule has 0 spiro atoms. The average molecular weight is 908 g/mol. The highest BCUT2D eigenvalue weighted by molar-refractivity contribution is 7.03. The van der Waals surface area contributed by atoms with Gasteiger partial charge < -0.3 is 28.7 Å². The van der Waals surface area contributed by atoms with Crippen molar-refractivity contribution >= 4 is 138 Å². The van der Waals surface area contributed by atoms with Gasteiger partial charge in [0.1, 0.15) is 46.0 Å². The number of nitrogens with zero attached hydrogens (tertiary/aromatic N) is 2. The quantitative estimate of drug-likeness (QED) is 0.161. The molecule has 0 atom stereocenters. The fourth-order valence-electron chi connectivity index (χ4n) is 11.5. The summed E-state index contributed by atoms with van der Waals surface area (Å²) in [6.45, 7) is -0.607. The Bertz CT molecular complexity index is 3650. The number of benzene rings is 9. The first kappa shape index (κ1) is 37.1. The Morgan fingerprint density at radius 3 is 1.12 bits per heavy atom. The van der Waals surface area contributed by atoms with Crippen LogP contribution in [0.1, 0.15) is 0 Å². The molecular weight excluding hydrogens is 879 g/mol. The van der Waals surface area contributed by atoms with Crippen molar-refractivity contribution < 1.29 is 18.9 Å². The van der Waals surface area contributed by atoms with E-state index in [0.717, 1.165) is 112 Å². The van der Waals surface area contributed by atoms with E-state index in [1.54, 1.807) is 0 Å². The summed E-state index contributed by atoms with van der Waals surface area (Å²) in [6.07, 6.45) is 0. The lowest BCUT2D eigenvalue weighted by atomic mass is 9.30. The van der Waals surface area contributed by atoms with E-state index in [1.165, 1.54) is 0 Å². The summed E-state index contributed by atoms with van der Waals surface area (Å²) in [5.41, 5.74) is 15.4. The van der Waals surface area contributed by atoms with Crippen LogP contribution in [0.15, 0.2) is 170 Å². The number of halogens is 3. The molecule has 0 saturated heterocycles. The van der Waals surface area contributed by atoms with Gasteiger partial charge in [-0.2, -0.15) is 0 Å².